The van der Waals surface area contributed by atoms with Gasteiger partial charge in [-0.15, -0.1) is 0 Å². The first-order chi connectivity index (χ1) is 14.7. The molecule has 0 aliphatic carbocycles. The van der Waals surface area contributed by atoms with Crippen molar-refractivity contribution in [2.45, 2.75) is 48.4 Å². The Labute approximate surface area is 184 Å². The van der Waals surface area contributed by atoms with Crippen molar-refractivity contribution in [3.63, 3.8) is 0 Å². The molecule has 1 atom stereocenters. The van der Waals surface area contributed by atoms with E-state index >= 15 is 0 Å². The van der Waals surface area contributed by atoms with Gasteiger partial charge in [-0.05, 0) is 56.5 Å². The third-order valence-corrected chi connectivity index (χ3v) is 9.25. The molecule has 1 aliphatic rings. The maximum Gasteiger partial charge on any atom is 0.251 e. The molecular formula is C22H28N2O5S2. The number of carbonyl (C=O) groups is 1. The zero-order chi connectivity index (χ0) is 22.5. The molecule has 1 aliphatic heterocycles. The fraction of sp³-hybridized carbons (Fsp3) is 0.409. The van der Waals surface area contributed by atoms with Crippen LogP contribution in [0.25, 0.3) is 0 Å². The lowest BCUT2D eigenvalue weighted by Crippen LogP contribution is -2.42. The minimum Gasteiger partial charge on any atom is -0.352 e. The van der Waals surface area contributed by atoms with Crippen LogP contribution in [0.2, 0.25) is 0 Å². The highest BCUT2D eigenvalue weighted by atomic mass is 32.2. The van der Waals surface area contributed by atoms with Gasteiger partial charge in [-0.3, -0.25) is 4.79 Å². The van der Waals surface area contributed by atoms with Crippen LogP contribution in [0.3, 0.4) is 0 Å². The molecule has 0 aromatic heterocycles. The molecule has 0 spiro atoms. The van der Waals surface area contributed by atoms with E-state index in [2.05, 4.69) is 5.32 Å². The SMILES string of the molecule is CC1CCCCN1S(=O)(=O)c1cccc(C(=O)NCCCS(=O)(=O)c2ccccc2)c1. The van der Waals surface area contributed by atoms with Crippen LogP contribution in [0.5, 0.6) is 0 Å². The van der Waals surface area contributed by atoms with Crippen LogP contribution >= 0.6 is 0 Å². The summed E-state index contributed by atoms with van der Waals surface area (Å²) >= 11 is 0. The van der Waals surface area contributed by atoms with Crippen molar-refractivity contribution in [1.82, 2.24) is 9.62 Å². The van der Waals surface area contributed by atoms with E-state index in [9.17, 15) is 21.6 Å². The number of piperidine rings is 1. The maximum absolute atomic E-state index is 13.0. The summed E-state index contributed by atoms with van der Waals surface area (Å²) in [6, 6.07) is 14.1. The average Bonchev–Trinajstić information content (AvgIpc) is 2.77. The fourth-order valence-corrected chi connectivity index (χ4v) is 6.75. The molecule has 3 rings (SSSR count). The molecule has 2 aromatic carbocycles. The van der Waals surface area contributed by atoms with Gasteiger partial charge in [0.05, 0.1) is 15.5 Å². The number of benzene rings is 2. The molecule has 9 heteroatoms. The number of sulfone groups is 1. The van der Waals surface area contributed by atoms with Gasteiger partial charge < -0.3 is 5.32 Å². The lowest BCUT2D eigenvalue weighted by atomic mass is 10.1. The molecule has 168 valence electrons. The van der Waals surface area contributed by atoms with E-state index in [-0.39, 0.29) is 40.1 Å². The average molecular weight is 465 g/mol. The van der Waals surface area contributed by atoms with Crippen LogP contribution in [0.15, 0.2) is 64.4 Å². The summed E-state index contributed by atoms with van der Waals surface area (Å²) in [7, 11) is -7.07. The Balaban J connectivity index is 1.60. The quantitative estimate of drug-likeness (QED) is 0.606. The van der Waals surface area contributed by atoms with E-state index in [4.69, 9.17) is 0 Å². The van der Waals surface area contributed by atoms with Crippen molar-refractivity contribution in [2.24, 2.45) is 0 Å². The highest BCUT2D eigenvalue weighted by molar-refractivity contribution is 7.91. The normalized spacial score (nSPS) is 17.9. The van der Waals surface area contributed by atoms with E-state index in [0.29, 0.717) is 6.54 Å². The Morgan fingerprint density at radius 3 is 2.42 bits per heavy atom. The topological polar surface area (TPSA) is 101 Å². The lowest BCUT2D eigenvalue weighted by Gasteiger charge is -2.32. The van der Waals surface area contributed by atoms with Crippen molar-refractivity contribution in [1.29, 1.82) is 0 Å². The Kier molecular flexibility index (Phi) is 7.51. The smallest absolute Gasteiger partial charge is 0.251 e. The van der Waals surface area contributed by atoms with Crippen LogP contribution in [-0.2, 0) is 19.9 Å². The molecule has 0 radical (unpaired) electrons. The zero-order valence-electron chi connectivity index (χ0n) is 17.5. The third-order valence-electron chi connectivity index (χ3n) is 5.42. The number of amides is 1. The first-order valence-corrected chi connectivity index (χ1v) is 13.5. The highest BCUT2D eigenvalue weighted by Gasteiger charge is 2.31. The maximum atomic E-state index is 13.0. The Morgan fingerprint density at radius 2 is 1.71 bits per heavy atom. The Morgan fingerprint density at radius 1 is 1.00 bits per heavy atom. The van der Waals surface area contributed by atoms with Gasteiger partial charge in [0.25, 0.3) is 5.91 Å². The minimum atomic E-state index is -3.67. The molecule has 1 amide bonds. The van der Waals surface area contributed by atoms with E-state index in [1.54, 1.807) is 42.5 Å². The number of carbonyl (C=O) groups excluding carboxylic acids is 1. The van der Waals surface area contributed by atoms with Crippen molar-refractivity contribution >= 4 is 25.8 Å². The van der Waals surface area contributed by atoms with Crippen molar-refractivity contribution in [2.75, 3.05) is 18.8 Å². The molecule has 7 nitrogen and oxygen atoms in total. The standard InChI is InChI=1S/C22H28N2O5S2/c1-18-9-5-6-15-24(18)31(28,29)21-13-7-10-19(17-21)22(25)23-14-8-16-30(26,27)20-11-3-2-4-12-20/h2-4,7,10-13,17-18H,5-6,8-9,14-16H2,1H3,(H,23,25). The predicted molar refractivity (Wildman–Crippen MR) is 119 cm³/mol. The van der Waals surface area contributed by atoms with Gasteiger partial charge in [0.15, 0.2) is 9.84 Å². The molecule has 1 unspecified atom stereocenters. The Hall–Kier alpha value is -2.23. The van der Waals surface area contributed by atoms with Gasteiger partial charge in [0.2, 0.25) is 10.0 Å². The summed E-state index contributed by atoms with van der Waals surface area (Å²) in [6.45, 7) is 2.55. The zero-order valence-corrected chi connectivity index (χ0v) is 19.2. The van der Waals surface area contributed by atoms with Crippen LogP contribution in [0, 0.1) is 0 Å². The lowest BCUT2D eigenvalue weighted by molar-refractivity contribution is 0.0953. The Bertz CT molecular complexity index is 1120. The first-order valence-electron chi connectivity index (χ1n) is 10.4. The molecular weight excluding hydrogens is 436 g/mol. The van der Waals surface area contributed by atoms with Gasteiger partial charge in [0.1, 0.15) is 0 Å². The largest absolute Gasteiger partial charge is 0.352 e. The van der Waals surface area contributed by atoms with E-state index < -0.39 is 25.8 Å². The molecule has 1 saturated heterocycles. The summed E-state index contributed by atoms with van der Waals surface area (Å²) in [5.41, 5.74) is 0.233. The summed E-state index contributed by atoms with van der Waals surface area (Å²) in [6.07, 6.45) is 2.92. The molecule has 1 fully saturated rings. The summed E-state index contributed by atoms with van der Waals surface area (Å²) in [4.78, 5) is 12.8. The van der Waals surface area contributed by atoms with Gasteiger partial charge >= 0.3 is 0 Å². The number of nitrogens with zero attached hydrogens (tertiary/aromatic N) is 1. The minimum absolute atomic E-state index is 0.0669. The molecule has 0 saturated carbocycles. The summed E-state index contributed by atoms with van der Waals surface area (Å²) in [5.74, 6) is -0.515. The van der Waals surface area contributed by atoms with Gasteiger partial charge in [0, 0.05) is 24.7 Å². The first kappa shape index (κ1) is 23.4. The highest BCUT2D eigenvalue weighted by Crippen LogP contribution is 2.25. The number of hydrogen-bond acceptors (Lipinski definition) is 5. The third kappa shape index (κ3) is 5.72. The van der Waals surface area contributed by atoms with Crippen molar-refractivity contribution in [3.05, 3.63) is 60.2 Å². The van der Waals surface area contributed by atoms with E-state index in [1.165, 1.54) is 16.4 Å². The molecule has 1 N–H and O–H groups in total. The monoisotopic (exact) mass is 464 g/mol. The number of sulfonamides is 1. The predicted octanol–water partition coefficient (Wildman–Crippen LogP) is 2.84. The second kappa shape index (κ2) is 9.93. The van der Waals surface area contributed by atoms with Gasteiger partial charge in [-0.25, -0.2) is 16.8 Å². The molecule has 1 heterocycles. The summed E-state index contributed by atoms with van der Waals surface area (Å²) < 4.78 is 52.1. The second-order valence-corrected chi connectivity index (χ2v) is 11.7. The van der Waals surface area contributed by atoms with Crippen molar-refractivity contribution < 1.29 is 21.6 Å². The molecule has 31 heavy (non-hydrogen) atoms. The summed E-state index contributed by atoms with van der Waals surface area (Å²) in [5, 5.41) is 2.68. The molecule has 2 aromatic rings. The van der Waals surface area contributed by atoms with E-state index in [0.717, 1.165) is 19.3 Å². The van der Waals surface area contributed by atoms with Crippen molar-refractivity contribution in [3.8, 4) is 0 Å². The number of nitrogens with one attached hydrogen (secondary N) is 1. The number of rotatable bonds is 8. The van der Waals surface area contributed by atoms with E-state index in [1.807, 2.05) is 6.92 Å². The van der Waals surface area contributed by atoms with Crippen LogP contribution in [0.1, 0.15) is 43.0 Å². The second-order valence-electron chi connectivity index (χ2n) is 7.73. The fourth-order valence-electron chi connectivity index (χ4n) is 3.67. The van der Waals surface area contributed by atoms with Gasteiger partial charge in [-0.2, -0.15) is 4.31 Å². The number of hydrogen-bond donors (Lipinski definition) is 1. The van der Waals surface area contributed by atoms with Gasteiger partial charge in [-0.1, -0.05) is 30.7 Å². The van der Waals surface area contributed by atoms with Crippen LogP contribution < -0.4 is 5.32 Å². The van der Waals surface area contributed by atoms with Crippen LogP contribution in [0.4, 0.5) is 0 Å². The van der Waals surface area contributed by atoms with Crippen LogP contribution in [-0.4, -0.2) is 51.9 Å². The molecule has 0 bridgehead atoms.